The lowest BCUT2D eigenvalue weighted by molar-refractivity contribution is 0.0279. The summed E-state index contributed by atoms with van der Waals surface area (Å²) >= 11 is 5.17. The zero-order valence-corrected chi connectivity index (χ0v) is 17.4. The smallest absolute Gasteiger partial charge is 0.410 e. The third-order valence-electron chi connectivity index (χ3n) is 3.40. The summed E-state index contributed by atoms with van der Waals surface area (Å²) in [5.74, 6) is 0.792. The highest BCUT2D eigenvalue weighted by Crippen LogP contribution is 2.32. The number of halogens is 1. The van der Waals surface area contributed by atoms with E-state index in [9.17, 15) is 4.79 Å². The highest BCUT2D eigenvalue weighted by atomic mass is 79.9. The van der Waals surface area contributed by atoms with E-state index in [0.29, 0.717) is 13.0 Å². The van der Waals surface area contributed by atoms with Gasteiger partial charge < -0.3 is 14.4 Å². The average molecular weight is 426 g/mol. The van der Waals surface area contributed by atoms with Crippen LogP contribution in [0.3, 0.4) is 0 Å². The van der Waals surface area contributed by atoms with Gasteiger partial charge >= 0.3 is 6.09 Å². The van der Waals surface area contributed by atoms with Crippen molar-refractivity contribution in [3.63, 3.8) is 0 Å². The predicted molar refractivity (Wildman–Crippen MR) is 105 cm³/mol. The van der Waals surface area contributed by atoms with Crippen LogP contribution in [0.25, 0.3) is 0 Å². The summed E-state index contributed by atoms with van der Waals surface area (Å²) < 4.78 is 12.5. The van der Waals surface area contributed by atoms with Gasteiger partial charge in [0.2, 0.25) is 0 Å². The van der Waals surface area contributed by atoms with Crippen molar-refractivity contribution in [2.75, 3.05) is 13.6 Å². The van der Waals surface area contributed by atoms with Gasteiger partial charge in [-0.3, -0.25) is 0 Å². The Morgan fingerprint density at radius 2 is 1.96 bits per heavy atom. The number of para-hydroxylation sites is 1. The number of hydrogen-bond donors (Lipinski definition) is 0. The highest BCUT2D eigenvalue weighted by molar-refractivity contribution is 9.10. The molecule has 0 aliphatic rings. The summed E-state index contributed by atoms with van der Waals surface area (Å²) in [5, 5.41) is 2.03. The zero-order chi connectivity index (χ0) is 18.4. The van der Waals surface area contributed by atoms with Crippen molar-refractivity contribution >= 4 is 33.4 Å². The molecule has 136 valence electrons. The topological polar surface area (TPSA) is 38.8 Å². The first-order valence-corrected chi connectivity index (χ1v) is 9.82. The molecule has 0 N–H and O–H groups in total. The molecule has 0 spiro atoms. The molecule has 0 saturated heterocycles. The molecule has 4 nitrogen and oxygen atoms in total. The largest absolute Gasteiger partial charge is 0.484 e. The lowest BCUT2D eigenvalue weighted by Crippen LogP contribution is -2.35. The Balaban J connectivity index is 2.03. The van der Waals surface area contributed by atoms with E-state index >= 15 is 0 Å². The van der Waals surface area contributed by atoms with E-state index in [0.717, 1.165) is 15.1 Å². The summed E-state index contributed by atoms with van der Waals surface area (Å²) in [5.41, 5.74) is -0.496. The lowest BCUT2D eigenvalue weighted by atomic mass is 10.2. The third kappa shape index (κ3) is 6.36. The Bertz CT molecular complexity index is 682. The van der Waals surface area contributed by atoms with Gasteiger partial charge in [-0.05, 0) is 60.3 Å². The minimum Gasteiger partial charge on any atom is -0.484 e. The molecule has 0 bridgehead atoms. The van der Waals surface area contributed by atoms with E-state index in [-0.39, 0.29) is 12.2 Å². The van der Waals surface area contributed by atoms with Crippen molar-refractivity contribution in [3.8, 4) is 5.75 Å². The molecule has 0 radical (unpaired) electrons. The fraction of sp³-hybridized carbons (Fsp3) is 0.421. The number of benzene rings is 1. The Morgan fingerprint density at radius 1 is 1.24 bits per heavy atom. The van der Waals surface area contributed by atoms with Crippen LogP contribution in [0.4, 0.5) is 4.79 Å². The predicted octanol–water partition coefficient (Wildman–Crippen LogP) is 5.89. The number of rotatable bonds is 6. The van der Waals surface area contributed by atoms with Crippen LogP contribution >= 0.6 is 27.3 Å². The molecular formula is C19H24BrNO3S. The minimum absolute atomic E-state index is 0.122. The van der Waals surface area contributed by atoms with E-state index in [1.807, 2.05) is 56.5 Å². The van der Waals surface area contributed by atoms with Gasteiger partial charge in [0.1, 0.15) is 17.5 Å². The quantitative estimate of drug-likeness (QED) is 0.578. The normalized spacial score (nSPS) is 12.5. The fourth-order valence-corrected chi connectivity index (χ4v) is 3.34. The molecule has 2 rings (SSSR count). The molecule has 1 heterocycles. The summed E-state index contributed by atoms with van der Waals surface area (Å²) in [6, 6.07) is 11.8. The number of thiophene rings is 1. The van der Waals surface area contributed by atoms with Gasteiger partial charge in [0.15, 0.2) is 0 Å². The van der Waals surface area contributed by atoms with Gasteiger partial charge in [-0.25, -0.2) is 4.79 Å². The van der Waals surface area contributed by atoms with E-state index in [1.54, 1.807) is 23.3 Å². The summed E-state index contributed by atoms with van der Waals surface area (Å²) in [7, 11) is 1.75. The molecule has 1 atom stereocenters. The van der Waals surface area contributed by atoms with E-state index < -0.39 is 5.60 Å². The second-order valence-corrected chi connectivity index (χ2v) is 8.58. The van der Waals surface area contributed by atoms with Crippen LogP contribution in [0.2, 0.25) is 0 Å². The monoisotopic (exact) mass is 425 g/mol. The molecule has 0 aliphatic carbocycles. The molecule has 1 unspecified atom stereocenters. The van der Waals surface area contributed by atoms with Crippen LogP contribution in [0.1, 0.15) is 38.2 Å². The number of hydrogen-bond acceptors (Lipinski definition) is 4. The van der Waals surface area contributed by atoms with Crippen LogP contribution in [0, 0.1) is 0 Å². The number of carbonyl (C=O) groups excluding carboxylic acids is 1. The van der Waals surface area contributed by atoms with Gasteiger partial charge in [0.05, 0.1) is 4.47 Å². The number of nitrogens with zero attached hydrogens (tertiary/aromatic N) is 1. The van der Waals surface area contributed by atoms with Crippen molar-refractivity contribution < 1.29 is 14.3 Å². The molecule has 1 aromatic carbocycles. The third-order valence-corrected chi connectivity index (χ3v) is 5.02. The maximum atomic E-state index is 12.1. The first kappa shape index (κ1) is 19.8. The van der Waals surface area contributed by atoms with Gasteiger partial charge in [-0.2, -0.15) is 0 Å². The Morgan fingerprint density at radius 3 is 2.56 bits per heavy atom. The molecule has 2 aromatic rings. The molecule has 0 fully saturated rings. The Hall–Kier alpha value is -1.53. The first-order chi connectivity index (χ1) is 11.8. The number of ether oxygens (including phenoxy) is 2. The van der Waals surface area contributed by atoms with Crippen molar-refractivity contribution in [2.45, 2.75) is 38.9 Å². The number of amides is 1. The Labute approximate surface area is 161 Å². The fourth-order valence-electron chi connectivity index (χ4n) is 2.17. The van der Waals surface area contributed by atoms with Gasteiger partial charge in [-0.15, -0.1) is 11.3 Å². The standard InChI is InChI=1S/C19H24BrNO3S/c1-19(2,3)24-18(22)21(4)12-11-16(17-10-7-13-25-17)23-15-9-6-5-8-14(15)20/h5-10,13,16H,11-12H2,1-4H3. The Kier molecular flexibility index (Phi) is 6.90. The van der Waals surface area contributed by atoms with Gasteiger partial charge in [0, 0.05) is 24.9 Å². The van der Waals surface area contributed by atoms with Crippen molar-refractivity contribution in [2.24, 2.45) is 0 Å². The van der Waals surface area contributed by atoms with Crippen LogP contribution in [-0.2, 0) is 4.74 Å². The zero-order valence-electron chi connectivity index (χ0n) is 15.0. The van der Waals surface area contributed by atoms with Crippen LogP contribution in [0.15, 0.2) is 46.3 Å². The lowest BCUT2D eigenvalue weighted by Gasteiger charge is -2.26. The molecule has 0 aliphatic heterocycles. The van der Waals surface area contributed by atoms with E-state index in [2.05, 4.69) is 22.0 Å². The van der Waals surface area contributed by atoms with Crippen molar-refractivity contribution in [1.29, 1.82) is 0 Å². The molecule has 1 amide bonds. The van der Waals surface area contributed by atoms with Crippen LogP contribution < -0.4 is 4.74 Å². The number of carbonyl (C=O) groups is 1. The average Bonchev–Trinajstić information content (AvgIpc) is 3.05. The molecule has 25 heavy (non-hydrogen) atoms. The SMILES string of the molecule is CN(CCC(Oc1ccccc1Br)c1cccs1)C(=O)OC(C)(C)C. The van der Waals surface area contributed by atoms with Crippen LogP contribution in [-0.4, -0.2) is 30.2 Å². The molecular weight excluding hydrogens is 402 g/mol. The molecule has 0 saturated carbocycles. The summed E-state index contributed by atoms with van der Waals surface area (Å²) in [4.78, 5) is 14.9. The highest BCUT2D eigenvalue weighted by Gasteiger charge is 2.22. The van der Waals surface area contributed by atoms with Crippen molar-refractivity contribution in [1.82, 2.24) is 4.90 Å². The maximum absolute atomic E-state index is 12.1. The summed E-state index contributed by atoms with van der Waals surface area (Å²) in [6.45, 7) is 6.14. The van der Waals surface area contributed by atoms with Crippen molar-refractivity contribution in [3.05, 3.63) is 51.1 Å². The van der Waals surface area contributed by atoms with E-state index in [4.69, 9.17) is 9.47 Å². The first-order valence-electron chi connectivity index (χ1n) is 8.15. The van der Waals surface area contributed by atoms with Crippen LogP contribution in [0.5, 0.6) is 5.75 Å². The van der Waals surface area contributed by atoms with E-state index in [1.165, 1.54) is 0 Å². The second kappa shape index (κ2) is 8.72. The second-order valence-electron chi connectivity index (χ2n) is 6.74. The van der Waals surface area contributed by atoms with Gasteiger partial charge in [0.25, 0.3) is 0 Å². The van der Waals surface area contributed by atoms with Gasteiger partial charge in [-0.1, -0.05) is 18.2 Å². The maximum Gasteiger partial charge on any atom is 0.410 e. The minimum atomic E-state index is -0.496. The molecule has 1 aromatic heterocycles. The molecule has 6 heteroatoms. The summed E-state index contributed by atoms with van der Waals surface area (Å²) in [6.07, 6.45) is 0.235.